The summed E-state index contributed by atoms with van der Waals surface area (Å²) >= 11 is 0. The van der Waals surface area contributed by atoms with Crippen molar-refractivity contribution in [3.8, 4) is 16.9 Å². The Bertz CT molecular complexity index is 1060. The summed E-state index contributed by atoms with van der Waals surface area (Å²) in [6.45, 7) is 0.297. The Hall–Kier alpha value is -3.14. The van der Waals surface area contributed by atoms with E-state index in [1.54, 1.807) is 6.07 Å². The summed E-state index contributed by atoms with van der Waals surface area (Å²) in [5.74, 6) is 0.291. The molecule has 0 heterocycles. The van der Waals surface area contributed by atoms with E-state index in [4.69, 9.17) is 4.74 Å². The zero-order valence-electron chi connectivity index (χ0n) is 17.8. The summed E-state index contributed by atoms with van der Waals surface area (Å²) in [7, 11) is 1.41. The van der Waals surface area contributed by atoms with Gasteiger partial charge in [-0.1, -0.05) is 36.4 Å². The van der Waals surface area contributed by atoms with Crippen LogP contribution in [0.4, 0.5) is 4.39 Å². The van der Waals surface area contributed by atoms with Gasteiger partial charge in [-0.15, -0.1) is 0 Å². The Morgan fingerprint density at radius 3 is 2.58 bits per heavy atom. The number of halogens is 1. The fourth-order valence-corrected chi connectivity index (χ4v) is 4.16. The number of hydrogen-bond acceptors (Lipinski definition) is 3. The zero-order chi connectivity index (χ0) is 21.6. The lowest BCUT2D eigenvalue weighted by atomic mass is 9.96. The molecule has 0 amide bonds. The highest BCUT2D eigenvalue weighted by Gasteiger charge is 2.14. The van der Waals surface area contributed by atoms with Crippen LogP contribution in [0.15, 0.2) is 60.7 Å². The number of methoxy groups -OCH3 is 1. The number of hydrogen-bond donors (Lipinski definition) is 0. The molecule has 3 aromatic rings. The van der Waals surface area contributed by atoms with Gasteiger partial charge in [-0.3, -0.25) is 4.79 Å². The van der Waals surface area contributed by atoms with Crippen LogP contribution in [-0.4, -0.2) is 13.1 Å². The number of carbonyl (C=O) groups excluding carboxylic acids is 1. The summed E-state index contributed by atoms with van der Waals surface area (Å²) in [6, 6.07) is 19.3. The maximum atomic E-state index is 14.0. The molecule has 1 aliphatic carbocycles. The lowest BCUT2D eigenvalue weighted by Gasteiger charge is -2.13. The molecule has 0 atom stereocenters. The minimum atomic E-state index is -0.260. The molecule has 0 aromatic heterocycles. The van der Waals surface area contributed by atoms with Gasteiger partial charge in [0.2, 0.25) is 0 Å². The minimum Gasteiger partial charge on any atom is -0.489 e. The molecule has 31 heavy (non-hydrogen) atoms. The number of rotatable bonds is 8. The monoisotopic (exact) mass is 418 g/mol. The first-order valence-corrected chi connectivity index (χ1v) is 10.8. The molecule has 0 unspecified atom stereocenters. The number of benzene rings is 3. The highest BCUT2D eigenvalue weighted by Crippen LogP contribution is 2.31. The second-order valence-corrected chi connectivity index (χ2v) is 8.00. The minimum absolute atomic E-state index is 0.186. The van der Waals surface area contributed by atoms with Crippen molar-refractivity contribution in [1.82, 2.24) is 0 Å². The van der Waals surface area contributed by atoms with E-state index in [0.717, 1.165) is 53.7 Å². The van der Waals surface area contributed by atoms with Gasteiger partial charge in [-0.25, -0.2) is 4.39 Å². The molecule has 0 saturated carbocycles. The molecule has 3 aromatic carbocycles. The SMILES string of the molecule is COC(=O)CCCc1ccc(OCc2cc(F)ccc2-c2ccc3c(c2)CCC3)cc1. The molecule has 0 N–H and O–H groups in total. The maximum absolute atomic E-state index is 14.0. The smallest absolute Gasteiger partial charge is 0.305 e. The Morgan fingerprint density at radius 2 is 1.77 bits per heavy atom. The number of esters is 1. The van der Waals surface area contributed by atoms with Gasteiger partial charge in [0.25, 0.3) is 0 Å². The Balaban J connectivity index is 1.43. The molecule has 3 nitrogen and oxygen atoms in total. The molecular formula is C27H27FO3. The van der Waals surface area contributed by atoms with Gasteiger partial charge in [0, 0.05) is 6.42 Å². The Morgan fingerprint density at radius 1 is 0.968 bits per heavy atom. The van der Waals surface area contributed by atoms with E-state index in [0.29, 0.717) is 13.0 Å². The van der Waals surface area contributed by atoms with E-state index in [-0.39, 0.29) is 11.8 Å². The van der Waals surface area contributed by atoms with Crippen LogP contribution in [0.2, 0.25) is 0 Å². The van der Waals surface area contributed by atoms with E-state index in [1.165, 1.54) is 30.7 Å². The van der Waals surface area contributed by atoms with Gasteiger partial charge in [-0.2, -0.15) is 0 Å². The number of ether oxygens (including phenoxy) is 2. The van der Waals surface area contributed by atoms with Crippen molar-refractivity contribution >= 4 is 5.97 Å². The third-order valence-corrected chi connectivity index (χ3v) is 5.87. The van der Waals surface area contributed by atoms with Gasteiger partial charge >= 0.3 is 5.97 Å². The average molecular weight is 419 g/mol. The van der Waals surface area contributed by atoms with Crippen LogP contribution in [0.1, 0.15) is 41.5 Å². The molecule has 0 spiro atoms. The molecule has 4 rings (SSSR count). The zero-order valence-corrected chi connectivity index (χ0v) is 17.8. The van der Waals surface area contributed by atoms with Crippen molar-refractivity contribution in [2.75, 3.05) is 7.11 Å². The number of carbonyl (C=O) groups is 1. The fourth-order valence-electron chi connectivity index (χ4n) is 4.16. The lowest BCUT2D eigenvalue weighted by molar-refractivity contribution is -0.140. The first-order chi connectivity index (χ1) is 15.1. The number of fused-ring (bicyclic) bond motifs is 1. The van der Waals surface area contributed by atoms with Gasteiger partial charge in [0.05, 0.1) is 7.11 Å². The molecular weight excluding hydrogens is 391 g/mol. The van der Waals surface area contributed by atoms with Crippen LogP contribution in [-0.2, 0) is 35.4 Å². The third-order valence-electron chi connectivity index (χ3n) is 5.87. The van der Waals surface area contributed by atoms with Crippen LogP contribution in [0.25, 0.3) is 11.1 Å². The van der Waals surface area contributed by atoms with Crippen LogP contribution in [0.3, 0.4) is 0 Å². The predicted molar refractivity (Wildman–Crippen MR) is 120 cm³/mol. The van der Waals surface area contributed by atoms with E-state index in [9.17, 15) is 9.18 Å². The standard InChI is InChI=1S/C27H27FO3/c1-30-27(29)7-2-4-19-8-13-25(14-9-19)31-18-23-17-24(28)12-15-26(23)22-11-10-20-5-3-6-21(20)16-22/h8-17H,2-7,18H2,1H3. The van der Waals surface area contributed by atoms with Gasteiger partial charge in [0.1, 0.15) is 18.2 Å². The van der Waals surface area contributed by atoms with Crippen LogP contribution in [0, 0.1) is 5.82 Å². The van der Waals surface area contributed by atoms with E-state index in [2.05, 4.69) is 22.9 Å². The molecule has 160 valence electrons. The quantitative estimate of drug-likeness (QED) is 0.417. The van der Waals surface area contributed by atoms with Crippen molar-refractivity contribution in [3.05, 3.63) is 88.7 Å². The van der Waals surface area contributed by atoms with Crippen LogP contribution in [0.5, 0.6) is 5.75 Å². The Kier molecular flexibility index (Phi) is 6.66. The van der Waals surface area contributed by atoms with Crippen LogP contribution >= 0.6 is 0 Å². The van der Waals surface area contributed by atoms with Crippen molar-refractivity contribution in [1.29, 1.82) is 0 Å². The normalized spacial score (nSPS) is 12.5. The lowest BCUT2D eigenvalue weighted by Crippen LogP contribution is -2.01. The highest BCUT2D eigenvalue weighted by molar-refractivity contribution is 5.69. The summed E-state index contributed by atoms with van der Waals surface area (Å²) in [5.41, 5.74) is 6.92. The van der Waals surface area contributed by atoms with Crippen molar-refractivity contribution in [2.45, 2.75) is 45.1 Å². The average Bonchev–Trinajstić information content (AvgIpc) is 3.26. The molecule has 0 fully saturated rings. The molecule has 0 saturated heterocycles. The van der Waals surface area contributed by atoms with Crippen molar-refractivity contribution in [3.63, 3.8) is 0 Å². The summed E-state index contributed by atoms with van der Waals surface area (Å²) < 4.78 is 24.6. The third kappa shape index (κ3) is 5.32. The topological polar surface area (TPSA) is 35.5 Å². The van der Waals surface area contributed by atoms with E-state index in [1.807, 2.05) is 30.3 Å². The maximum Gasteiger partial charge on any atom is 0.305 e. The molecule has 1 aliphatic rings. The second-order valence-electron chi connectivity index (χ2n) is 8.00. The number of aryl methyl sites for hydroxylation is 3. The first kappa shape index (κ1) is 21.1. The van der Waals surface area contributed by atoms with E-state index >= 15 is 0 Å². The largest absolute Gasteiger partial charge is 0.489 e. The molecule has 0 bridgehead atoms. The van der Waals surface area contributed by atoms with Crippen molar-refractivity contribution < 1.29 is 18.7 Å². The predicted octanol–water partition coefficient (Wildman–Crippen LogP) is 6.06. The molecule has 0 aliphatic heterocycles. The van der Waals surface area contributed by atoms with Gasteiger partial charge < -0.3 is 9.47 Å². The second kappa shape index (κ2) is 9.78. The molecule has 0 radical (unpaired) electrons. The summed E-state index contributed by atoms with van der Waals surface area (Å²) in [5, 5.41) is 0. The Labute approximate surface area is 182 Å². The fraction of sp³-hybridized carbons (Fsp3) is 0.296. The van der Waals surface area contributed by atoms with Crippen molar-refractivity contribution in [2.24, 2.45) is 0 Å². The highest BCUT2D eigenvalue weighted by atomic mass is 19.1. The van der Waals surface area contributed by atoms with Gasteiger partial charge in [0.15, 0.2) is 0 Å². The van der Waals surface area contributed by atoms with Crippen LogP contribution < -0.4 is 4.74 Å². The summed E-state index contributed by atoms with van der Waals surface area (Å²) in [6.07, 6.45) is 5.44. The van der Waals surface area contributed by atoms with Gasteiger partial charge in [-0.05, 0) is 89.8 Å². The summed E-state index contributed by atoms with van der Waals surface area (Å²) in [4.78, 5) is 11.2. The first-order valence-electron chi connectivity index (χ1n) is 10.8. The molecule has 4 heteroatoms. The van der Waals surface area contributed by atoms with E-state index < -0.39 is 0 Å².